The lowest BCUT2D eigenvalue weighted by Gasteiger charge is -2.37. The van der Waals surface area contributed by atoms with Crippen molar-refractivity contribution in [2.45, 2.75) is 4.05 Å². The molecule has 0 saturated carbocycles. The summed E-state index contributed by atoms with van der Waals surface area (Å²) in [6, 6.07) is 9.12. The van der Waals surface area contributed by atoms with Crippen LogP contribution in [0.3, 0.4) is 0 Å². The van der Waals surface area contributed by atoms with Crippen LogP contribution in [0.2, 0.25) is 0 Å². The Bertz CT molecular complexity index is 786. The van der Waals surface area contributed by atoms with E-state index < -0.39 is 0 Å². The van der Waals surface area contributed by atoms with E-state index in [1.165, 1.54) is 0 Å². The molecule has 1 amide bonds. The standard InChI is InChI=1S/C18H17IN4O2/c1-25-15-6-3-14(4-7-15)5-8-17(24)22-11-12-23(16(19)13-22)18-20-9-2-10-21-18/h2-4,6-7,9-10,16H,11-13H2,1H3. The SMILES string of the molecule is COc1ccc(C#CC(=O)N2CCN(c3ncccn3)C(I)C2)cc1. The number of benzene rings is 1. The summed E-state index contributed by atoms with van der Waals surface area (Å²) in [7, 11) is 1.62. The van der Waals surface area contributed by atoms with Gasteiger partial charge in [-0.05, 0) is 30.3 Å². The molecule has 7 heteroatoms. The summed E-state index contributed by atoms with van der Waals surface area (Å²) in [5, 5.41) is 0. The summed E-state index contributed by atoms with van der Waals surface area (Å²) in [4.78, 5) is 24.8. The molecular weight excluding hydrogens is 431 g/mol. The largest absolute Gasteiger partial charge is 0.497 e. The van der Waals surface area contributed by atoms with E-state index >= 15 is 0 Å². The van der Waals surface area contributed by atoms with Gasteiger partial charge in [0.15, 0.2) is 0 Å². The number of hydrogen-bond acceptors (Lipinski definition) is 5. The summed E-state index contributed by atoms with van der Waals surface area (Å²) >= 11 is 2.31. The summed E-state index contributed by atoms with van der Waals surface area (Å²) in [5.41, 5.74) is 0.788. The van der Waals surface area contributed by atoms with E-state index in [4.69, 9.17) is 4.74 Å². The van der Waals surface area contributed by atoms with E-state index in [1.807, 2.05) is 24.3 Å². The van der Waals surface area contributed by atoms with Gasteiger partial charge in [-0.25, -0.2) is 9.97 Å². The average molecular weight is 448 g/mol. The van der Waals surface area contributed by atoms with Gasteiger partial charge in [-0.3, -0.25) is 4.79 Å². The molecule has 2 heterocycles. The third kappa shape index (κ3) is 4.39. The zero-order chi connectivity index (χ0) is 17.6. The third-order valence-corrected chi connectivity index (χ3v) is 4.89. The van der Waals surface area contributed by atoms with Gasteiger partial charge in [0.2, 0.25) is 5.95 Å². The van der Waals surface area contributed by atoms with Crippen molar-refractivity contribution in [3.63, 3.8) is 0 Å². The molecule has 0 aliphatic carbocycles. The second-order valence-corrected chi connectivity index (χ2v) is 6.84. The second-order valence-electron chi connectivity index (χ2n) is 5.41. The molecule has 1 aliphatic rings. The van der Waals surface area contributed by atoms with Gasteiger partial charge in [0.1, 0.15) is 9.80 Å². The number of piperazine rings is 1. The number of anilines is 1. The number of carbonyl (C=O) groups is 1. The molecule has 2 aromatic rings. The van der Waals surface area contributed by atoms with Crippen LogP contribution in [-0.2, 0) is 4.79 Å². The van der Waals surface area contributed by atoms with E-state index in [0.717, 1.165) is 11.3 Å². The van der Waals surface area contributed by atoms with E-state index in [1.54, 1.807) is 30.5 Å². The Balaban J connectivity index is 1.62. The van der Waals surface area contributed by atoms with E-state index in [2.05, 4.69) is 49.3 Å². The van der Waals surface area contributed by atoms with Crippen LogP contribution in [-0.4, -0.2) is 51.6 Å². The van der Waals surface area contributed by atoms with Crippen LogP contribution < -0.4 is 9.64 Å². The molecule has 0 radical (unpaired) electrons. The molecule has 3 rings (SSSR count). The van der Waals surface area contributed by atoms with Crippen LogP contribution in [0.1, 0.15) is 5.56 Å². The Kier molecular flexibility index (Phi) is 5.71. The molecule has 1 saturated heterocycles. The fraction of sp³-hybridized carbons (Fsp3) is 0.278. The van der Waals surface area contributed by atoms with Crippen molar-refractivity contribution in [3.05, 3.63) is 48.3 Å². The van der Waals surface area contributed by atoms with Crippen molar-refractivity contribution < 1.29 is 9.53 Å². The quantitative estimate of drug-likeness (QED) is 0.304. The van der Waals surface area contributed by atoms with Crippen LogP contribution in [0, 0.1) is 11.8 Å². The minimum atomic E-state index is -0.161. The van der Waals surface area contributed by atoms with Gasteiger partial charge < -0.3 is 14.5 Å². The summed E-state index contributed by atoms with van der Waals surface area (Å²) < 4.78 is 5.22. The Hall–Kier alpha value is -2.34. The number of alkyl halides is 1. The van der Waals surface area contributed by atoms with Crippen LogP contribution in [0.4, 0.5) is 5.95 Å². The monoisotopic (exact) mass is 448 g/mol. The van der Waals surface area contributed by atoms with Gasteiger partial charge in [0.25, 0.3) is 5.91 Å². The zero-order valence-electron chi connectivity index (χ0n) is 13.7. The average Bonchev–Trinajstić information content (AvgIpc) is 2.67. The van der Waals surface area contributed by atoms with Gasteiger partial charge in [-0.15, -0.1) is 0 Å². The number of halogens is 1. The Morgan fingerprint density at radius 2 is 1.96 bits per heavy atom. The van der Waals surface area contributed by atoms with E-state index in [-0.39, 0.29) is 9.96 Å². The molecular formula is C18H17IN4O2. The first-order chi connectivity index (χ1) is 12.2. The maximum Gasteiger partial charge on any atom is 0.298 e. The summed E-state index contributed by atoms with van der Waals surface area (Å²) in [5.74, 6) is 6.94. The maximum absolute atomic E-state index is 12.4. The highest BCUT2D eigenvalue weighted by Crippen LogP contribution is 2.20. The van der Waals surface area contributed by atoms with Gasteiger partial charge in [0.05, 0.1) is 13.7 Å². The highest BCUT2D eigenvalue weighted by atomic mass is 127. The molecule has 1 aliphatic heterocycles. The normalized spacial score (nSPS) is 16.8. The van der Waals surface area contributed by atoms with Crippen molar-refractivity contribution in [2.24, 2.45) is 0 Å². The number of rotatable bonds is 2. The number of methoxy groups -OCH3 is 1. The van der Waals surface area contributed by atoms with Crippen LogP contribution in [0.5, 0.6) is 5.75 Å². The van der Waals surface area contributed by atoms with Crippen molar-refractivity contribution in [3.8, 4) is 17.6 Å². The molecule has 1 aromatic heterocycles. The molecule has 0 spiro atoms. The van der Waals surface area contributed by atoms with Crippen molar-refractivity contribution in [1.29, 1.82) is 0 Å². The smallest absolute Gasteiger partial charge is 0.298 e. The van der Waals surface area contributed by atoms with Gasteiger partial charge in [-0.2, -0.15) is 0 Å². The fourth-order valence-corrected chi connectivity index (χ4v) is 3.47. The van der Waals surface area contributed by atoms with Crippen LogP contribution >= 0.6 is 22.6 Å². The lowest BCUT2D eigenvalue weighted by atomic mass is 10.2. The highest BCUT2D eigenvalue weighted by Gasteiger charge is 2.28. The Morgan fingerprint density at radius 3 is 2.60 bits per heavy atom. The van der Waals surface area contributed by atoms with Crippen molar-refractivity contribution >= 4 is 34.4 Å². The zero-order valence-corrected chi connectivity index (χ0v) is 15.9. The Morgan fingerprint density at radius 1 is 1.24 bits per heavy atom. The predicted octanol–water partition coefficient (Wildman–Crippen LogP) is 1.95. The summed E-state index contributed by atoms with van der Waals surface area (Å²) in [6.45, 7) is 1.89. The number of nitrogens with zero attached hydrogens (tertiary/aromatic N) is 4. The molecule has 0 bridgehead atoms. The van der Waals surface area contributed by atoms with Gasteiger partial charge in [-0.1, -0.05) is 28.5 Å². The van der Waals surface area contributed by atoms with Gasteiger partial charge in [0, 0.05) is 37.0 Å². The molecule has 25 heavy (non-hydrogen) atoms. The van der Waals surface area contributed by atoms with Gasteiger partial charge >= 0.3 is 0 Å². The second kappa shape index (κ2) is 8.16. The number of ether oxygens (including phenoxy) is 1. The number of amides is 1. The third-order valence-electron chi connectivity index (χ3n) is 3.82. The molecule has 6 nitrogen and oxygen atoms in total. The molecule has 1 aromatic carbocycles. The molecule has 1 fully saturated rings. The first-order valence-corrected chi connectivity index (χ1v) is 9.04. The van der Waals surface area contributed by atoms with Crippen molar-refractivity contribution in [2.75, 3.05) is 31.6 Å². The number of aromatic nitrogens is 2. The molecule has 128 valence electrons. The molecule has 0 N–H and O–H groups in total. The fourth-order valence-electron chi connectivity index (χ4n) is 2.47. The van der Waals surface area contributed by atoms with Crippen molar-refractivity contribution in [1.82, 2.24) is 14.9 Å². The minimum Gasteiger partial charge on any atom is -0.497 e. The molecule has 1 unspecified atom stereocenters. The number of hydrogen-bond donors (Lipinski definition) is 0. The summed E-state index contributed by atoms with van der Waals surface area (Å²) in [6.07, 6.45) is 3.45. The van der Waals surface area contributed by atoms with Crippen LogP contribution in [0.25, 0.3) is 0 Å². The number of carbonyl (C=O) groups excluding carboxylic acids is 1. The first-order valence-electron chi connectivity index (χ1n) is 7.80. The highest BCUT2D eigenvalue weighted by molar-refractivity contribution is 14.1. The molecule has 1 atom stereocenters. The maximum atomic E-state index is 12.4. The predicted molar refractivity (Wildman–Crippen MR) is 104 cm³/mol. The lowest BCUT2D eigenvalue weighted by Crippen LogP contribution is -2.52. The minimum absolute atomic E-state index is 0.112. The topological polar surface area (TPSA) is 58.6 Å². The van der Waals surface area contributed by atoms with E-state index in [9.17, 15) is 4.79 Å². The Labute approximate surface area is 160 Å². The van der Waals surface area contributed by atoms with E-state index in [0.29, 0.717) is 25.6 Å². The lowest BCUT2D eigenvalue weighted by molar-refractivity contribution is -0.125. The van der Waals surface area contributed by atoms with Crippen LogP contribution in [0.15, 0.2) is 42.7 Å². The first kappa shape index (κ1) is 17.5.